The van der Waals surface area contributed by atoms with Gasteiger partial charge in [-0.05, 0) is 39.3 Å². The molecule has 0 aliphatic carbocycles. The average molecular weight is 437 g/mol. The van der Waals surface area contributed by atoms with Crippen molar-refractivity contribution in [2.75, 3.05) is 31.1 Å². The maximum Gasteiger partial charge on any atom is 0.410 e. The van der Waals surface area contributed by atoms with Gasteiger partial charge in [-0.2, -0.15) is 0 Å². The van der Waals surface area contributed by atoms with E-state index in [-0.39, 0.29) is 18.0 Å². The summed E-state index contributed by atoms with van der Waals surface area (Å²) in [4.78, 5) is 33.6. The van der Waals surface area contributed by atoms with Gasteiger partial charge in [0.25, 0.3) is 5.91 Å². The van der Waals surface area contributed by atoms with Crippen molar-refractivity contribution < 1.29 is 14.3 Å². The molecule has 3 atom stereocenters. The molecular formula is C25H32N4O3. The first-order chi connectivity index (χ1) is 15.2. The van der Waals surface area contributed by atoms with E-state index in [4.69, 9.17) is 4.74 Å². The summed E-state index contributed by atoms with van der Waals surface area (Å²) in [5.74, 6) is 0.669. The van der Waals surface area contributed by atoms with Crippen LogP contribution in [0.5, 0.6) is 0 Å². The number of anilines is 1. The lowest BCUT2D eigenvalue weighted by molar-refractivity contribution is 0.0282. The van der Waals surface area contributed by atoms with Crippen molar-refractivity contribution in [3.63, 3.8) is 0 Å². The topological polar surface area (TPSA) is 74.8 Å². The van der Waals surface area contributed by atoms with E-state index >= 15 is 0 Å². The number of nitrogens with one attached hydrogen (secondary N) is 1. The number of fused-ring (bicyclic) bond motifs is 1. The highest BCUT2D eigenvalue weighted by Gasteiger charge is 2.42. The van der Waals surface area contributed by atoms with Crippen molar-refractivity contribution in [1.29, 1.82) is 0 Å². The summed E-state index contributed by atoms with van der Waals surface area (Å²) in [6.45, 7) is 10.7. The standard InChI is InChI=1S/C25H32N4O3/c1-17(18-8-6-5-7-9-18)27-23(30)19-10-22(12-26-11-19)28-13-20-15-29(16-21(20)14-28)24(31)32-25(2,3)4/h5-12,17,20-21H,13-16H2,1-4H3,(H,27,30)/t17?,20-,21+. The van der Waals surface area contributed by atoms with Crippen LogP contribution in [-0.2, 0) is 4.74 Å². The Hall–Kier alpha value is -3.09. The number of pyridine rings is 1. The summed E-state index contributed by atoms with van der Waals surface area (Å²) in [5, 5.41) is 3.05. The summed E-state index contributed by atoms with van der Waals surface area (Å²) in [6, 6.07) is 11.7. The van der Waals surface area contributed by atoms with E-state index in [2.05, 4.69) is 15.2 Å². The second-order valence-electron chi connectivity index (χ2n) is 9.85. The molecule has 0 radical (unpaired) electrons. The Bertz CT molecular complexity index is 959. The van der Waals surface area contributed by atoms with Gasteiger partial charge < -0.3 is 19.9 Å². The number of amides is 2. The molecule has 2 aromatic rings. The van der Waals surface area contributed by atoms with Crippen LogP contribution < -0.4 is 10.2 Å². The minimum Gasteiger partial charge on any atom is -0.444 e. The van der Waals surface area contributed by atoms with E-state index in [1.54, 1.807) is 6.20 Å². The predicted octanol–water partition coefficient (Wildman–Crippen LogP) is 3.88. The monoisotopic (exact) mass is 436 g/mol. The lowest BCUT2D eigenvalue weighted by Gasteiger charge is -2.26. The number of carbonyl (C=O) groups is 2. The summed E-state index contributed by atoms with van der Waals surface area (Å²) < 4.78 is 5.52. The summed E-state index contributed by atoms with van der Waals surface area (Å²) in [6.07, 6.45) is 3.19. The number of hydrogen-bond donors (Lipinski definition) is 1. The third-order valence-electron chi connectivity index (χ3n) is 6.14. The van der Waals surface area contributed by atoms with Gasteiger partial charge in [-0.3, -0.25) is 9.78 Å². The molecule has 1 aromatic heterocycles. The first-order valence-electron chi connectivity index (χ1n) is 11.2. The van der Waals surface area contributed by atoms with Crippen molar-refractivity contribution in [2.24, 2.45) is 11.8 Å². The van der Waals surface area contributed by atoms with Crippen molar-refractivity contribution in [3.05, 3.63) is 59.9 Å². The molecule has 1 aromatic carbocycles. The molecule has 7 heteroatoms. The van der Waals surface area contributed by atoms with Gasteiger partial charge in [-0.25, -0.2) is 4.79 Å². The predicted molar refractivity (Wildman–Crippen MR) is 124 cm³/mol. The number of likely N-dealkylation sites (tertiary alicyclic amines) is 1. The molecule has 170 valence electrons. The quantitative estimate of drug-likeness (QED) is 0.787. The largest absolute Gasteiger partial charge is 0.444 e. The van der Waals surface area contributed by atoms with Gasteiger partial charge in [-0.1, -0.05) is 30.3 Å². The molecule has 32 heavy (non-hydrogen) atoms. The van der Waals surface area contributed by atoms with Crippen LogP contribution in [0.15, 0.2) is 48.8 Å². The van der Waals surface area contributed by atoms with Crippen LogP contribution in [0.25, 0.3) is 0 Å². The Morgan fingerprint density at radius 2 is 1.72 bits per heavy atom. The molecular weight excluding hydrogens is 404 g/mol. The Labute approximate surface area is 189 Å². The van der Waals surface area contributed by atoms with Crippen LogP contribution in [-0.4, -0.2) is 53.7 Å². The molecule has 2 amide bonds. The second-order valence-corrected chi connectivity index (χ2v) is 9.85. The molecule has 2 aliphatic rings. The molecule has 3 heterocycles. The second kappa shape index (κ2) is 8.81. The minimum atomic E-state index is -0.481. The van der Waals surface area contributed by atoms with Crippen LogP contribution in [0.3, 0.4) is 0 Å². The summed E-state index contributed by atoms with van der Waals surface area (Å²) >= 11 is 0. The number of carbonyl (C=O) groups excluding carboxylic acids is 2. The Kier molecular flexibility index (Phi) is 6.09. The highest BCUT2D eigenvalue weighted by Crippen LogP contribution is 2.34. The van der Waals surface area contributed by atoms with Gasteiger partial charge in [0.1, 0.15) is 5.60 Å². The maximum atomic E-state index is 12.8. The van der Waals surface area contributed by atoms with Gasteiger partial charge in [0.2, 0.25) is 0 Å². The van der Waals surface area contributed by atoms with Crippen molar-refractivity contribution in [1.82, 2.24) is 15.2 Å². The highest BCUT2D eigenvalue weighted by atomic mass is 16.6. The lowest BCUT2D eigenvalue weighted by Crippen LogP contribution is -2.37. The number of ether oxygens (including phenoxy) is 1. The van der Waals surface area contributed by atoms with E-state index < -0.39 is 5.60 Å². The first kappa shape index (κ1) is 22.1. The zero-order chi connectivity index (χ0) is 22.9. The molecule has 2 saturated heterocycles. The van der Waals surface area contributed by atoms with E-state index in [0.717, 1.165) is 24.3 Å². The van der Waals surface area contributed by atoms with Gasteiger partial charge in [-0.15, -0.1) is 0 Å². The average Bonchev–Trinajstić information content (AvgIpc) is 3.33. The van der Waals surface area contributed by atoms with Crippen molar-refractivity contribution in [2.45, 2.75) is 39.3 Å². The summed E-state index contributed by atoms with van der Waals surface area (Å²) in [7, 11) is 0. The Morgan fingerprint density at radius 3 is 2.34 bits per heavy atom. The fraction of sp³-hybridized carbons (Fsp3) is 0.480. The first-order valence-corrected chi connectivity index (χ1v) is 11.2. The van der Waals surface area contributed by atoms with Crippen LogP contribution >= 0.6 is 0 Å². The summed E-state index contributed by atoms with van der Waals surface area (Å²) in [5.41, 5.74) is 2.08. The van der Waals surface area contributed by atoms with Crippen LogP contribution in [0.2, 0.25) is 0 Å². The van der Waals surface area contributed by atoms with Crippen molar-refractivity contribution >= 4 is 17.7 Å². The van der Waals surface area contributed by atoms with Gasteiger partial charge in [0.05, 0.1) is 23.5 Å². The highest BCUT2D eigenvalue weighted by molar-refractivity contribution is 5.95. The van der Waals surface area contributed by atoms with Gasteiger partial charge >= 0.3 is 6.09 Å². The van der Waals surface area contributed by atoms with E-state index in [9.17, 15) is 9.59 Å². The number of aromatic nitrogens is 1. The van der Waals surface area contributed by atoms with Crippen LogP contribution in [0, 0.1) is 11.8 Å². The van der Waals surface area contributed by atoms with Gasteiger partial charge in [0, 0.05) is 44.2 Å². The maximum absolute atomic E-state index is 12.8. The molecule has 2 aliphatic heterocycles. The van der Waals surface area contributed by atoms with E-state index in [0.29, 0.717) is 30.5 Å². The van der Waals surface area contributed by atoms with Crippen LogP contribution in [0.4, 0.5) is 10.5 Å². The van der Waals surface area contributed by atoms with E-state index in [1.807, 2.05) is 75.2 Å². The SMILES string of the molecule is CC(NC(=O)c1cncc(N2C[C@H]3CN(C(=O)OC(C)(C)C)C[C@H]3C2)c1)c1ccccc1. The molecule has 0 spiro atoms. The number of rotatable bonds is 4. The minimum absolute atomic E-state index is 0.0858. The molecule has 4 rings (SSSR count). The number of hydrogen-bond acceptors (Lipinski definition) is 5. The smallest absolute Gasteiger partial charge is 0.410 e. The molecule has 0 bridgehead atoms. The fourth-order valence-corrected chi connectivity index (χ4v) is 4.51. The third-order valence-corrected chi connectivity index (χ3v) is 6.14. The third kappa shape index (κ3) is 5.03. The molecule has 1 unspecified atom stereocenters. The Morgan fingerprint density at radius 1 is 1.06 bits per heavy atom. The zero-order valence-electron chi connectivity index (χ0n) is 19.2. The van der Waals surface area contributed by atoms with Crippen LogP contribution in [0.1, 0.15) is 49.7 Å². The molecule has 7 nitrogen and oxygen atoms in total. The molecule has 0 saturated carbocycles. The number of nitrogens with zero attached hydrogens (tertiary/aromatic N) is 3. The lowest BCUT2D eigenvalue weighted by atomic mass is 10.0. The zero-order valence-corrected chi connectivity index (χ0v) is 19.2. The normalized spacial score (nSPS) is 21.2. The van der Waals surface area contributed by atoms with E-state index in [1.165, 1.54) is 0 Å². The molecule has 2 fully saturated rings. The number of benzene rings is 1. The van der Waals surface area contributed by atoms with Gasteiger partial charge in [0.15, 0.2) is 0 Å². The molecule has 1 N–H and O–H groups in total. The van der Waals surface area contributed by atoms with Crippen molar-refractivity contribution in [3.8, 4) is 0 Å². The Balaban J connectivity index is 1.36. The fourth-order valence-electron chi connectivity index (χ4n) is 4.51.